The Morgan fingerprint density at radius 2 is 2.06 bits per heavy atom. The molecule has 18 heavy (non-hydrogen) atoms. The summed E-state index contributed by atoms with van der Waals surface area (Å²) in [5.74, 6) is 0. The van der Waals surface area contributed by atoms with E-state index in [4.69, 9.17) is 0 Å². The molecule has 0 fully saturated rings. The molecule has 0 aliphatic heterocycles. The quantitative estimate of drug-likeness (QED) is 0.797. The molecule has 1 aromatic heterocycles. The summed E-state index contributed by atoms with van der Waals surface area (Å²) in [5, 5.41) is 4.55. The largest absolute Gasteiger partial charge is 0.312 e. The molecule has 1 N–H and O–H groups in total. The number of aromatic nitrogens is 1. The zero-order chi connectivity index (χ0) is 12.8. The van der Waals surface area contributed by atoms with Gasteiger partial charge in [-0.2, -0.15) is 0 Å². The van der Waals surface area contributed by atoms with E-state index >= 15 is 0 Å². The van der Waals surface area contributed by atoms with Gasteiger partial charge in [0.1, 0.15) is 5.01 Å². The second kappa shape index (κ2) is 6.66. The van der Waals surface area contributed by atoms with Crippen LogP contribution in [0.2, 0.25) is 0 Å². The van der Waals surface area contributed by atoms with Gasteiger partial charge in [0.05, 0.1) is 0 Å². The van der Waals surface area contributed by atoms with E-state index < -0.39 is 0 Å². The molecular weight excluding hydrogens is 240 g/mol. The van der Waals surface area contributed by atoms with Gasteiger partial charge in [0.15, 0.2) is 0 Å². The van der Waals surface area contributed by atoms with Gasteiger partial charge < -0.3 is 5.32 Å². The predicted octanol–water partition coefficient (Wildman–Crippen LogP) is 3.87. The van der Waals surface area contributed by atoms with Crippen LogP contribution in [0, 0.1) is 0 Å². The van der Waals surface area contributed by atoms with Gasteiger partial charge in [0.2, 0.25) is 0 Å². The van der Waals surface area contributed by atoms with Crippen LogP contribution in [0.5, 0.6) is 0 Å². The van der Waals surface area contributed by atoms with Crippen molar-refractivity contribution in [3.63, 3.8) is 0 Å². The maximum atomic E-state index is 4.55. The maximum absolute atomic E-state index is 4.55. The molecule has 0 saturated heterocycles. The van der Waals surface area contributed by atoms with Gasteiger partial charge in [-0.05, 0) is 24.9 Å². The topological polar surface area (TPSA) is 24.9 Å². The Morgan fingerprint density at radius 3 is 2.83 bits per heavy atom. The lowest BCUT2D eigenvalue weighted by molar-refractivity contribution is 0.681. The van der Waals surface area contributed by atoms with Crippen LogP contribution < -0.4 is 5.32 Å². The molecule has 0 aliphatic rings. The van der Waals surface area contributed by atoms with Crippen LogP contribution in [-0.4, -0.2) is 11.5 Å². The number of rotatable bonds is 6. The van der Waals surface area contributed by atoms with Crippen LogP contribution in [0.15, 0.2) is 30.5 Å². The molecule has 0 radical (unpaired) electrons. The third-order valence-electron chi connectivity index (χ3n) is 2.91. The van der Waals surface area contributed by atoms with E-state index in [1.165, 1.54) is 22.4 Å². The highest BCUT2D eigenvalue weighted by atomic mass is 32.1. The predicted molar refractivity (Wildman–Crippen MR) is 78.9 cm³/mol. The Hall–Kier alpha value is -1.19. The van der Waals surface area contributed by atoms with E-state index in [2.05, 4.69) is 48.4 Å². The molecule has 1 aromatic carbocycles. The molecule has 3 heteroatoms. The summed E-state index contributed by atoms with van der Waals surface area (Å²) in [6, 6.07) is 8.54. The van der Waals surface area contributed by atoms with E-state index in [9.17, 15) is 0 Å². The molecule has 2 rings (SSSR count). The number of hydrogen-bond acceptors (Lipinski definition) is 3. The van der Waals surface area contributed by atoms with Gasteiger partial charge in [-0.25, -0.2) is 4.98 Å². The van der Waals surface area contributed by atoms with E-state index in [1.807, 2.05) is 6.20 Å². The molecule has 0 atom stereocenters. The van der Waals surface area contributed by atoms with Crippen LogP contribution >= 0.6 is 11.3 Å². The normalized spacial score (nSPS) is 10.8. The zero-order valence-corrected chi connectivity index (χ0v) is 11.9. The fourth-order valence-corrected chi connectivity index (χ4v) is 2.88. The standard InChI is InChI=1S/C15H20N2S/c1-3-9-16-10-13-11-17-15(18-13)14-8-6-5-7-12(14)4-2/h5-8,11,16H,3-4,9-10H2,1-2H3. The second-order valence-electron chi connectivity index (χ2n) is 4.32. The number of benzene rings is 1. The van der Waals surface area contributed by atoms with Crippen molar-refractivity contribution < 1.29 is 0 Å². The van der Waals surface area contributed by atoms with Gasteiger partial charge in [0.25, 0.3) is 0 Å². The second-order valence-corrected chi connectivity index (χ2v) is 5.43. The lowest BCUT2D eigenvalue weighted by Crippen LogP contribution is -2.12. The number of hydrogen-bond donors (Lipinski definition) is 1. The van der Waals surface area contributed by atoms with Gasteiger partial charge >= 0.3 is 0 Å². The molecule has 0 spiro atoms. The summed E-state index contributed by atoms with van der Waals surface area (Å²) < 4.78 is 0. The van der Waals surface area contributed by atoms with Crippen LogP contribution in [0.4, 0.5) is 0 Å². The first-order valence-corrected chi connectivity index (χ1v) is 7.40. The first-order chi connectivity index (χ1) is 8.85. The molecule has 0 amide bonds. The summed E-state index contributed by atoms with van der Waals surface area (Å²) in [6.07, 6.45) is 4.22. The molecule has 2 nitrogen and oxygen atoms in total. The lowest BCUT2D eigenvalue weighted by atomic mass is 10.1. The van der Waals surface area contributed by atoms with Crippen LogP contribution in [-0.2, 0) is 13.0 Å². The van der Waals surface area contributed by atoms with Crippen LogP contribution in [0.25, 0.3) is 10.6 Å². The first-order valence-electron chi connectivity index (χ1n) is 6.58. The highest BCUT2D eigenvalue weighted by molar-refractivity contribution is 7.15. The third kappa shape index (κ3) is 3.18. The van der Waals surface area contributed by atoms with Gasteiger partial charge in [-0.3, -0.25) is 0 Å². The number of nitrogens with one attached hydrogen (secondary N) is 1. The van der Waals surface area contributed by atoms with E-state index in [0.717, 1.165) is 24.5 Å². The highest BCUT2D eigenvalue weighted by Gasteiger charge is 2.07. The van der Waals surface area contributed by atoms with Crippen LogP contribution in [0.3, 0.4) is 0 Å². The minimum atomic E-state index is 0.930. The Morgan fingerprint density at radius 1 is 1.22 bits per heavy atom. The molecule has 2 aromatic rings. The molecule has 96 valence electrons. The van der Waals surface area contributed by atoms with Crippen LogP contribution in [0.1, 0.15) is 30.7 Å². The van der Waals surface area contributed by atoms with Gasteiger partial charge in [-0.1, -0.05) is 38.1 Å². The van der Waals surface area contributed by atoms with Gasteiger partial charge in [-0.15, -0.1) is 11.3 Å². The summed E-state index contributed by atoms with van der Waals surface area (Å²) in [7, 11) is 0. The van der Waals surface area contributed by atoms with Crippen molar-refractivity contribution in [2.45, 2.75) is 33.2 Å². The van der Waals surface area contributed by atoms with Crippen molar-refractivity contribution >= 4 is 11.3 Å². The maximum Gasteiger partial charge on any atom is 0.123 e. The SMILES string of the molecule is CCCNCc1cnc(-c2ccccc2CC)s1. The Balaban J connectivity index is 2.13. The van der Waals surface area contributed by atoms with Crippen molar-refractivity contribution in [2.75, 3.05) is 6.54 Å². The monoisotopic (exact) mass is 260 g/mol. The van der Waals surface area contributed by atoms with Crippen molar-refractivity contribution in [3.8, 4) is 10.6 Å². The number of thiazole rings is 1. The molecule has 0 saturated carbocycles. The fraction of sp³-hybridized carbons (Fsp3) is 0.400. The minimum Gasteiger partial charge on any atom is -0.312 e. The van der Waals surface area contributed by atoms with Crippen molar-refractivity contribution in [3.05, 3.63) is 40.9 Å². The Kier molecular flexibility index (Phi) is 4.90. The van der Waals surface area contributed by atoms with Crippen molar-refractivity contribution in [1.29, 1.82) is 0 Å². The minimum absolute atomic E-state index is 0.930. The van der Waals surface area contributed by atoms with E-state index in [-0.39, 0.29) is 0 Å². The smallest absolute Gasteiger partial charge is 0.123 e. The Bertz CT molecular complexity index is 491. The van der Waals surface area contributed by atoms with Crippen molar-refractivity contribution in [1.82, 2.24) is 10.3 Å². The molecule has 0 bridgehead atoms. The van der Waals surface area contributed by atoms with Gasteiger partial charge in [0, 0.05) is 23.2 Å². The fourth-order valence-electron chi connectivity index (χ4n) is 1.94. The van der Waals surface area contributed by atoms with Crippen molar-refractivity contribution in [2.24, 2.45) is 0 Å². The molecule has 0 unspecified atom stereocenters. The molecular formula is C15H20N2S. The highest BCUT2D eigenvalue weighted by Crippen LogP contribution is 2.28. The summed E-state index contributed by atoms with van der Waals surface area (Å²) in [4.78, 5) is 5.86. The van der Waals surface area contributed by atoms with E-state index in [1.54, 1.807) is 11.3 Å². The summed E-state index contributed by atoms with van der Waals surface area (Å²) >= 11 is 1.79. The van der Waals surface area contributed by atoms with E-state index in [0.29, 0.717) is 0 Å². The average molecular weight is 260 g/mol. The zero-order valence-electron chi connectivity index (χ0n) is 11.1. The average Bonchev–Trinajstić information content (AvgIpc) is 2.88. The number of nitrogens with zero attached hydrogens (tertiary/aromatic N) is 1. The summed E-state index contributed by atoms with van der Waals surface area (Å²) in [6.45, 7) is 6.37. The lowest BCUT2D eigenvalue weighted by Gasteiger charge is -2.03. The Labute approximate surface area is 113 Å². The molecule has 0 aliphatic carbocycles. The summed E-state index contributed by atoms with van der Waals surface area (Å²) in [5.41, 5.74) is 2.66. The third-order valence-corrected chi connectivity index (χ3v) is 3.94. The number of aryl methyl sites for hydroxylation is 1. The molecule has 1 heterocycles. The first kappa shape index (κ1) is 13.2.